The molecule has 0 aromatic heterocycles. The molecule has 1 aliphatic heterocycles. The first kappa shape index (κ1) is 23.8. The van der Waals surface area contributed by atoms with Crippen molar-refractivity contribution in [2.75, 3.05) is 6.54 Å². The van der Waals surface area contributed by atoms with Gasteiger partial charge in [-0.3, -0.25) is 0 Å². The maximum atomic E-state index is 12.3. The standard InChI is InChI=1S/C10H15NO2.3C4H9.Sn/c1-10(2,3)13-9(12)11-7-5-4-6-8-11;3*1-3-4-2;/h5,8H,6-7H2,1-3H3;3*1,3-4H2,2H3;. The number of hydrogen-bond acceptors (Lipinski definition) is 2. The maximum absolute atomic E-state index is 12.3. The molecule has 0 spiro atoms. The quantitative estimate of drug-likeness (QED) is 0.318. The van der Waals surface area contributed by atoms with Crippen LogP contribution >= 0.6 is 0 Å². The molecular weight excluding hydrogens is 429 g/mol. The van der Waals surface area contributed by atoms with Crippen molar-refractivity contribution in [1.82, 2.24) is 4.90 Å². The molecule has 0 unspecified atom stereocenters. The molecule has 0 aromatic carbocycles. The summed E-state index contributed by atoms with van der Waals surface area (Å²) in [5, 5.41) is 0. The SMILES string of the molecule is CCC[CH2][Sn]([CH2]CCC)([CH2]CCC)[C]1=CCN(C(=O)OC(C)(C)C)[CH]C1. The summed E-state index contributed by atoms with van der Waals surface area (Å²) in [6.07, 6.45) is 11.3. The first-order chi connectivity index (χ1) is 12.3. The molecule has 1 rings (SSSR count). The molecule has 0 N–H and O–H groups in total. The molecule has 26 heavy (non-hydrogen) atoms. The molecular formula is C22H42NO2Sn. The van der Waals surface area contributed by atoms with Crippen LogP contribution in [0.25, 0.3) is 0 Å². The number of ether oxygens (including phenoxy) is 1. The molecule has 0 fully saturated rings. The number of unbranched alkanes of at least 4 members (excludes halogenated alkanes) is 3. The Kier molecular flexibility index (Phi) is 10.6. The molecule has 151 valence electrons. The van der Waals surface area contributed by atoms with Crippen molar-refractivity contribution in [3.63, 3.8) is 0 Å². The van der Waals surface area contributed by atoms with Gasteiger partial charge < -0.3 is 0 Å². The van der Waals surface area contributed by atoms with Crippen LogP contribution in [0.3, 0.4) is 0 Å². The van der Waals surface area contributed by atoms with Crippen LogP contribution in [0.1, 0.15) is 86.5 Å². The van der Waals surface area contributed by atoms with Crippen molar-refractivity contribution >= 4 is 24.5 Å². The molecule has 1 heterocycles. The molecule has 1 amide bonds. The van der Waals surface area contributed by atoms with E-state index in [1.807, 2.05) is 20.8 Å². The van der Waals surface area contributed by atoms with E-state index in [4.69, 9.17) is 4.74 Å². The van der Waals surface area contributed by atoms with E-state index in [1.165, 1.54) is 51.8 Å². The molecule has 0 aromatic rings. The normalized spacial score (nSPS) is 15.8. The number of hydrogen-bond donors (Lipinski definition) is 0. The molecule has 0 aliphatic carbocycles. The Labute approximate surface area is 166 Å². The number of rotatable bonds is 10. The van der Waals surface area contributed by atoms with Gasteiger partial charge in [0.05, 0.1) is 0 Å². The van der Waals surface area contributed by atoms with Crippen molar-refractivity contribution < 1.29 is 9.53 Å². The van der Waals surface area contributed by atoms with Crippen LogP contribution < -0.4 is 0 Å². The second-order valence-electron chi connectivity index (χ2n) is 8.84. The summed E-state index contributed by atoms with van der Waals surface area (Å²) in [6, 6.07) is 0. The van der Waals surface area contributed by atoms with Crippen LogP contribution in [0.5, 0.6) is 0 Å². The molecule has 3 nitrogen and oxygen atoms in total. The van der Waals surface area contributed by atoms with Crippen molar-refractivity contribution in [3.05, 3.63) is 16.2 Å². The summed E-state index contributed by atoms with van der Waals surface area (Å²) in [7, 11) is 0. The predicted octanol–water partition coefficient (Wildman–Crippen LogP) is 7.10. The van der Waals surface area contributed by atoms with E-state index in [-0.39, 0.29) is 6.09 Å². The Balaban J connectivity index is 2.90. The zero-order chi connectivity index (χ0) is 19.6. The first-order valence-corrected chi connectivity index (χ1v) is 18.3. The molecule has 0 atom stereocenters. The number of carbonyl (C=O) groups is 1. The van der Waals surface area contributed by atoms with Crippen LogP contribution in [-0.2, 0) is 4.74 Å². The van der Waals surface area contributed by atoms with Crippen LogP contribution in [0.2, 0.25) is 13.3 Å². The predicted molar refractivity (Wildman–Crippen MR) is 115 cm³/mol. The number of amides is 1. The second kappa shape index (κ2) is 11.6. The van der Waals surface area contributed by atoms with Crippen LogP contribution in [0.15, 0.2) is 9.67 Å². The minimum atomic E-state index is -2.31. The van der Waals surface area contributed by atoms with E-state index in [0.717, 1.165) is 6.42 Å². The average Bonchev–Trinajstić information content (AvgIpc) is 2.60. The molecule has 0 saturated heterocycles. The van der Waals surface area contributed by atoms with Gasteiger partial charge in [0.15, 0.2) is 0 Å². The van der Waals surface area contributed by atoms with Crippen LogP contribution in [-0.4, -0.2) is 41.5 Å². The fourth-order valence-corrected chi connectivity index (χ4v) is 20.6. The Hall–Kier alpha value is -0.191. The van der Waals surface area contributed by atoms with Crippen LogP contribution in [0.4, 0.5) is 4.79 Å². The Morgan fingerprint density at radius 3 is 1.88 bits per heavy atom. The van der Waals surface area contributed by atoms with Crippen molar-refractivity contribution in [2.45, 2.75) is 105 Å². The molecule has 0 saturated carbocycles. The first-order valence-electron chi connectivity index (χ1n) is 10.8. The second-order valence-corrected chi connectivity index (χ2v) is 22.3. The zero-order valence-electron chi connectivity index (χ0n) is 18.2. The fourth-order valence-electron chi connectivity index (χ4n) is 3.88. The van der Waals surface area contributed by atoms with Gasteiger partial charge in [0, 0.05) is 0 Å². The summed E-state index contributed by atoms with van der Waals surface area (Å²) in [5.41, 5.74) is -0.429. The van der Waals surface area contributed by atoms with Gasteiger partial charge in [0.25, 0.3) is 0 Å². The van der Waals surface area contributed by atoms with Gasteiger partial charge in [-0.15, -0.1) is 0 Å². The monoisotopic (exact) mass is 472 g/mol. The third-order valence-corrected chi connectivity index (χ3v) is 21.7. The topological polar surface area (TPSA) is 29.5 Å². The Morgan fingerprint density at radius 1 is 1.04 bits per heavy atom. The molecule has 1 aliphatic rings. The number of nitrogens with zero attached hydrogens (tertiary/aromatic N) is 1. The molecule has 1 radical (unpaired) electrons. The van der Waals surface area contributed by atoms with E-state index < -0.39 is 24.0 Å². The molecule has 4 heteroatoms. The van der Waals surface area contributed by atoms with Gasteiger partial charge in [-0.1, -0.05) is 0 Å². The third kappa shape index (κ3) is 7.82. The fraction of sp³-hybridized carbons (Fsp3) is 0.818. The van der Waals surface area contributed by atoms with E-state index in [1.54, 1.807) is 8.49 Å². The minimum absolute atomic E-state index is 0.204. The van der Waals surface area contributed by atoms with E-state index in [9.17, 15) is 4.79 Å². The number of carbonyl (C=O) groups excluding carboxylic acids is 1. The Morgan fingerprint density at radius 2 is 1.54 bits per heavy atom. The van der Waals surface area contributed by atoms with Crippen molar-refractivity contribution in [2.24, 2.45) is 0 Å². The Bertz CT molecular complexity index is 432. The average molecular weight is 471 g/mol. The van der Waals surface area contributed by atoms with E-state index in [0.29, 0.717) is 6.54 Å². The van der Waals surface area contributed by atoms with Crippen LogP contribution in [0, 0.1) is 6.54 Å². The van der Waals surface area contributed by atoms with Gasteiger partial charge in [-0.05, 0) is 0 Å². The molecule has 0 bridgehead atoms. The van der Waals surface area contributed by atoms with Gasteiger partial charge in [-0.25, -0.2) is 0 Å². The summed E-state index contributed by atoms with van der Waals surface area (Å²) in [5.74, 6) is 0. The summed E-state index contributed by atoms with van der Waals surface area (Å²) in [6.45, 7) is 15.6. The van der Waals surface area contributed by atoms with Crippen molar-refractivity contribution in [3.8, 4) is 0 Å². The van der Waals surface area contributed by atoms with E-state index in [2.05, 4.69) is 33.4 Å². The zero-order valence-corrected chi connectivity index (χ0v) is 21.1. The third-order valence-electron chi connectivity index (χ3n) is 5.40. The van der Waals surface area contributed by atoms with Gasteiger partial charge in [0.1, 0.15) is 0 Å². The van der Waals surface area contributed by atoms with Gasteiger partial charge in [0.2, 0.25) is 0 Å². The van der Waals surface area contributed by atoms with E-state index >= 15 is 0 Å². The van der Waals surface area contributed by atoms with Gasteiger partial charge >= 0.3 is 167 Å². The summed E-state index contributed by atoms with van der Waals surface area (Å²) < 4.78 is 11.8. The summed E-state index contributed by atoms with van der Waals surface area (Å²) >= 11 is -2.31. The summed E-state index contributed by atoms with van der Waals surface area (Å²) in [4.78, 5) is 14.1. The van der Waals surface area contributed by atoms with Gasteiger partial charge in [-0.2, -0.15) is 0 Å². The van der Waals surface area contributed by atoms with Crippen molar-refractivity contribution in [1.29, 1.82) is 0 Å².